The Morgan fingerprint density at radius 1 is 1.59 bits per heavy atom. The second-order valence-corrected chi connectivity index (χ2v) is 5.93. The lowest BCUT2D eigenvalue weighted by molar-refractivity contribution is -0.146. The minimum atomic E-state index is -0.0421. The monoisotopic (exact) mass is 234 g/mol. The second kappa shape index (κ2) is 4.01. The number of carbonyl (C=O) groups is 1. The Bertz CT molecular complexity index is 371. The zero-order valence-corrected chi connectivity index (χ0v) is 11.0. The highest BCUT2D eigenvalue weighted by molar-refractivity contribution is 5.75. The van der Waals surface area contributed by atoms with Crippen molar-refractivity contribution in [3.63, 3.8) is 0 Å². The van der Waals surface area contributed by atoms with E-state index in [1.54, 1.807) is 0 Å². The fourth-order valence-electron chi connectivity index (χ4n) is 3.60. The Kier molecular flexibility index (Phi) is 2.92. The van der Waals surface area contributed by atoms with Gasteiger partial charge in [-0.1, -0.05) is 32.1 Å². The van der Waals surface area contributed by atoms with E-state index in [2.05, 4.69) is 20.1 Å². The van der Waals surface area contributed by atoms with Crippen LogP contribution in [0.25, 0.3) is 0 Å². The lowest BCUT2D eigenvalue weighted by Gasteiger charge is -2.45. The van der Waals surface area contributed by atoms with E-state index in [1.165, 1.54) is 0 Å². The molecule has 1 unspecified atom stereocenters. The maximum absolute atomic E-state index is 11.7. The minimum Gasteiger partial charge on any atom is -0.461 e. The molecule has 2 aliphatic rings. The Balaban J connectivity index is 2.36. The lowest BCUT2D eigenvalue weighted by atomic mass is 9.59. The number of hydrogen-bond donors (Lipinski definition) is 0. The molecule has 0 aromatic heterocycles. The average molecular weight is 234 g/mol. The van der Waals surface area contributed by atoms with Crippen LogP contribution in [0.4, 0.5) is 0 Å². The van der Waals surface area contributed by atoms with Gasteiger partial charge in [0.1, 0.15) is 6.10 Å². The normalized spacial score (nSPS) is 45.0. The Morgan fingerprint density at radius 2 is 2.24 bits per heavy atom. The maximum Gasteiger partial charge on any atom is 0.309 e. The van der Waals surface area contributed by atoms with Gasteiger partial charge in [0.2, 0.25) is 0 Å². The second-order valence-electron chi connectivity index (χ2n) is 5.93. The summed E-state index contributed by atoms with van der Waals surface area (Å²) < 4.78 is 5.60. The SMILES string of the molecule is C=C[C@@]1(C)CCC2[C@@H](C)C(=O)O[C@@H]2[C@@H]1C(=C)C. The summed E-state index contributed by atoms with van der Waals surface area (Å²) in [6, 6.07) is 0. The van der Waals surface area contributed by atoms with E-state index in [-0.39, 0.29) is 29.3 Å². The van der Waals surface area contributed by atoms with Crippen LogP contribution in [0.1, 0.15) is 33.6 Å². The summed E-state index contributed by atoms with van der Waals surface area (Å²) in [5.74, 6) is 0.570. The van der Waals surface area contributed by atoms with Crippen molar-refractivity contribution in [2.24, 2.45) is 23.2 Å². The zero-order chi connectivity index (χ0) is 12.8. The van der Waals surface area contributed by atoms with Gasteiger partial charge in [0, 0.05) is 11.8 Å². The molecule has 1 saturated carbocycles. The predicted molar refractivity (Wildman–Crippen MR) is 68.4 cm³/mol. The Hall–Kier alpha value is -1.05. The van der Waals surface area contributed by atoms with Gasteiger partial charge in [-0.15, -0.1) is 6.58 Å². The molecule has 1 saturated heterocycles. The first-order valence-electron chi connectivity index (χ1n) is 6.40. The molecule has 2 rings (SSSR count). The van der Waals surface area contributed by atoms with Crippen molar-refractivity contribution in [1.29, 1.82) is 0 Å². The minimum absolute atomic E-state index is 0.00625. The molecule has 1 aliphatic carbocycles. The van der Waals surface area contributed by atoms with Gasteiger partial charge < -0.3 is 4.74 Å². The summed E-state index contributed by atoms with van der Waals surface area (Å²) in [5.41, 5.74) is 1.11. The van der Waals surface area contributed by atoms with Crippen molar-refractivity contribution in [1.82, 2.24) is 0 Å². The van der Waals surface area contributed by atoms with Gasteiger partial charge in [-0.2, -0.15) is 0 Å². The van der Waals surface area contributed by atoms with Crippen LogP contribution in [0, 0.1) is 23.2 Å². The topological polar surface area (TPSA) is 26.3 Å². The zero-order valence-electron chi connectivity index (χ0n) is 11.0. The van der Waals surface area contributed by atoms with E-state index in [9.17, 15) is 4.79 Å². The van der Waals surface area contributed by atoms with Crippen LogP contribution in [-0.2, 0) is 9.53 Å². The first-order chi connectivity index (χ1) is 7.90. The van der Waals surface area contributed by atoms with E-state index in [0.29, 0.717) is 5.92 Å². The predicted octanol–water partition coefficient (Wildman–Crippen LogP) is 3.34. The molecule has 0 aromatic carbocycles. The largest absolute Gasteiger partial charge is 0.461 e. The standard InChI is InChI=1S/C15H22O2/c1-6-15(5)8-7-11-10(4)14(16)17-13(11)12(15)9(2)3/h6,10-13H,1-2,7-8H2,3-5H3/t10-,11?,12+,13+,15+/m1/s1. The van der Waals surface area contributed by atoms with Crippen molar-refractivity contribution < 1.29 is 9.53 Å². The molecule has 17 heavy (non-hydrogen) atoms. The average Bonchev–Trinajstić information content (AvgIpc) is 2.54. The van der Waals surface area contributed by atoms with Gasteiger partial charge in [0.15, 0.2) is 0 Å². The summed E-state index contributed by atoms with van der Waals surface area (Å²) in [6.07, 6.45) is 4.13. The molecule has 0 spiro atoms. The van der Waals surface area contributed by atoms with Crippen LogP contribution < -0.4 is 0 Å². The fraction of sp³-hybridized carbons (Fsp3) is 0.667. The van der Waals surface area contributed by atoms with E-state index < -0.39 is 0 Å². The van der Waals surface area contributed by atoms with Crippen LogP contribution >= 0.6 is 0 Å². The molecule has 0 N–H and O–H groups in total. The highest BCUT2D eigenvalue weighted by Crippen LogP contribution is 2.52. The molecule has 2 nitrogen and oxygen atoms in total. The Morgan fingerprint density at radius 3 is 2.76 bits per heavy atom. The summed E-state index contributed by atoms with van der Waals surface area (Å²) >= 11 is 0. The van der Waals surface area contributed by atoms with Gasteiger partial charge in [-0.3, -0.25) is 4.79 Å². The number of allylic oxidation sites excluding steroid dienone is 1. The molecular formula is C15H22O2. The molecule has 5 atom stereocenters. The molecular weight excluding hydrogens is 212 g/mol. The van der Waals surface area contributed by atoms with Crippen molar-refractivity contribution in [2.75, 3.05) is 0 Å². The molecule has 0 bridgehead atoms. The summed E-state index contributed by atoms with van der Waals surface area (Å²) in [4.78, 5) is 11.7. The molecule has 0 amide bonds. The van der Waals surface area contributed by atoms with Crippen molar-refractivity contribution in [3.05, 3.63) is 24.8 Å². The number of esters is 1. The molecule has 0 aromatic rings. The molecule has 94 valence electrons. The first kappa shape index (κ1) is 12.4. The van der Waals surface area contributed by atoms with E-state index >= 15 is 0 Å². The highest BCUT2D eigenvalue weighted by atomic mass is 16.6. The van der Waals surface area contributed by atoms with Crippen LogP contribution in [0.15, 0.2) is 24.8 Å². The van der Waals surface area contributed by atoms with Crippen LogP contribution in [0.3, 0.4) is 0 Å². The summed E-state index contributed by atoms with van der Waals surface area (Å²) in [5, 5.41) is 0. The fourth-order valence-corrected chi connectivity index (χ4v) is 3.60. The van der Waals surface area contributed by atoms with Crippen LogP contribution in [-0.4, -0.2) is 12.1 Å². The molecule has 2 fully saturated rings. The smallest absolute Gasteiger partial charge is 0.309 e. The molecule has 1 aliphatic heterocycles. The van der Waals surface area contributed by atoms with Gasteiger partial charge in [-0.25, -0.2) is 0 Å². The maximum atomic E-state index is 11.7. The van der Waals surface area contributed by atoms with Crippen molar-refractivity contribution >= 4 is 5.97 Å². The van der Waals surface area contributed by atoms with Gasteiger partial charge in [0.25, 0.3) is 0 Å². The number of rotatable bonds is 2. The van der Waals surface area contributed by atoms with Crippen LogP contribution in [0.5, 0.6) is 0 Å². The molecule has 2 heteroatoms. The Labute approximate surface area is 104 Å². The first-order valence-corrected chi connectivity index (χ1v) is 6.40. The lowest BCUT2D eigenvalue weighted by Crippen LogP contribution is -2.44. The number of fused-ring (bicyclic) bond motifs is 1. The van der Waals surface area contributed by atoms with Crippen molar-refractivity contribution in [3.8, 4) is 0 Å². The third kappa shape index (κ3) is 1.74. The van der Waals surface area contributed by atoms with Gasteiger partial charge >= 0.3 is 5.97 Å². The highest BCUT2D eigenvalue weighted by Gasteiger charge is 2.53. The number of carbonyl (C=O) groups excluding carboxylic acids is 1. The third-order valence-corrected chi connectivity index (χ3v) is 4.74. The van der Waals surface area contributed by atoms with E-state index in [1.807, 2.05) is 19.9 Å². The molecule has 1 heterocycles. The van der Waals surface area contributed by atoms with E-state index in [0.717, 1.165) is 18.4 Å². The third-order valence-electron chi connectivity index (χ3n) is 4.74. The summed E-state index contributed by atoms with van der Waals surface area (Å²) in [6.45, 7) is 14.3. The van der Waals surface area contributed by atoms with Crippen molar-refractivity contribution in [2.45, 2.75) is 39.7 Å². The van der Waals surface area contributed by atoms with Gasteiger partial charge in [0.05, 0.1) is 5.92 Å². The summed E-state index contributed by atoms with van der Waals surface area (Å²) in [7, 11) is 0. The number of ether oxygens (including phenoxy) is 1. The number of hydrogen-bond acceptors (Lipinski definition) is 2. The van der Waals surface area contributed by atoms with Crippen LogP contribution in [0.2, 0.25) is 0 Å². The molecule has 0 radical (unpaired) electrons. The van der Waals surface area contributed by atoms with E-state index in [4.69, 9.17) is 4.74 Å². The quantitative estimate of drug-likeness (QED) is 0.541. The van der Waals surface area contributed by atoms with Gasteiger partial charge in [-0.05, 0) is 25.2 Å².